The van der Waals surface area contributed by atoms with Crippen molar-refractivity contribution in [3.8, 4) is 0 Å². The topological polar surface area (TPSA) is 46.8 Å². The molecule has 2 rings (SSSR count). The van der Waals surface area contributed by atoms with Crippen molar-refractivity contribution in [3.63, 3.8) is 0 Å². The summed E-state index contributed by atoms with van der Waals surface area (Å²) >= 11 is 5.72. The maximum Gasteiger partial charge on any atom is 0.245 e. The predicted molar refractivity (Wildman–Crippen MR) is 59.1 cm³/mol. The number of nitrogens with zero attached hydrogens (tertiary/aromatic N) is 5. The largest absolute Gasteiger partial charge is 0.337 e. The SMILES string of the molecule is Cn1nnnc1N1CCCC1CCCCl. The van der Waals surface area contributed by atoms with Crippen LogP contribution >= 0.6 is 11.6 Å². The molecule has 5 nitrogen and oxygen atoms in total. The molecule has 1 atom stereocenters. The number of aromatic nitrogens is 4. The fourth-order valence-corrected chi connectivity index (χ4v) is 2.33. The molecule has 6 heteroatoms. The monoisotopic (exact) mass is 229 g/mol. The summed E-state index contributed by atoms with van der Waals surface area (Å²) < 4.78 is 1.74. The minimum absolute atomic E-state index is 0.563. The summed E-state index contributed by atoms with van der Waals surface area (Å²) in [5.74, 6) is 1.62. The molecule has 1 aromatic rings. The van der Waals surface area contributed by atoms with Crippen LogP contribution in [-0.4, -0.2) is 38.7 Å². The van der Waals surface area contributed by atoms with Gasteiger partial charge in [0.25, 0.3) is 0 Å². The number of anilines is 1. The quantitative estimate of drug-likeness (QED) is 0.728. The number of rotatable bonds is 4. The Morgan fingerprint density at radius 3 is 3.07 bits per heavy atom. The van der Waals surface area contributed by atoms with Gasteiger partial charge in [-0.15, -0.1) is 11.6 Å². The Hall–Kier alpha value is -0.840. The van der Waals surface area contributed by atoms with E-state index in [1.165, 1.54) is 12.8 Å². The van der Waals surface area contributed by atoms with Crippen LogP contribution in [0.5, 0.6) is 0 Å². The number of alkyl halides is 1. The van der Waals surface area contributed by atoms with Crippen LogP contribution in [0.1, 0.15) is 25.7 Å². The van der Waals surface area contributed by atoms with Crippen molar-refractivity contribution in [2.45, 2.75) is 31.7 Å². The molecule has 1 aliphatic rings. The van der Waals surface area contributed by atoms with Gasteiger partial charge < -0.3 is 4.90 Å². The molecule has 2 heterocycles. The van der Waals surface area contributed by atoms with Crippen LogP contribution in [-0.2, 0) is 7.05 Å². The predicted octanol–water partition coefficient (Wildman–Crippen LogP) is 1.20. The van der Waals surface area contributed by atoms with Crippen LogP contribution in [0.15, 0.2) is 0 Å². The second-order valence-corrected chi connectivity index (χ2v) is 4.30. The summed E-state index contributed by atoms with van der Waals surface area (Å²) in [7, 11) is 1.88. The third-order valence-electron chi connectivity index (χ3n) is 2.90. The van der Waals surface area contributed by atoms with Crippen LogP contribution in [0, 0.1) is 0 Å². The molecule has 1 saturated heterocycles. The zero-order valence-electron chi connectivity index (χ0n) is 8.93. The average Bonchev–Trinajstić information content (AvgIpc) is 2.82. The van der Waals surface area contributed by atoms with E-state index in [2.05, 4.69) is 20.4 Å². The standard InChI is InChI=1S/C9H16ClN5/c1-14-9(11-12-13-14)15-7-3-5-8(15)4-2-6-10/h8H,2-7H2,1H3. The second-order valence-electron chi connectivity index (χ2n) is 3.92. The molecule has 0 spiro atoms. The lowest BCUT2D eigenvalue weighted by atomic mass is 10.1. The molecule has 0 aromatic carbocycles. The highest BCUT2D eigenvalue weighted by atomic mass is 35.5. The minimum atomic E-state index is 0.563. The molecule has 84 valence electrons. The van der Waals surface area contributed by atoms with Crippen LogP contribution in [0.25, 0.3) is 0 Å². The fourth-order valence-electron chi connectivity index (χ4n) is 2.18. The first kappa shape index (κ1) is 10.7. The van der Waals surface area contributed by atoms with Crippen molar-refractivity contribution >= 4 is 17.5 Å². The summed E-state index contributed by atoms with van der Waals surface area (Å²) in [6.45, 7) is 1.06. The number of halogens is 1. The van der Waals surface area contributed by atoms with E-state index in [0.29, 0.717) is 6.04 Å². The van der Waals surface area contributed by atoms with E-state index in [0.717, 1.165) is 31.2 Å². The smallest absolute Gasteiger partial charge is 0.245 e. The van der Waals surface area contributed by atoms with Gasteiger partial charge in [-0.1, -0.05) is 5.10 Å². The summed E-state index contributed by atoms with van der Waals surface area (Å²) in [5, 5.41) is 11.6. The van der Waals surface area contributed by atoms with Gasteiger partial charge in [0.1, 0.15) is 0 Å². The maximum absolute atomic E-state index is 5.72. The number of aryl methyl sites for hydroxylation is 1. The Labute approximate surface area is 94.4 Å². The molecule has 1 aliphatic heterocycles. The van der Waals surface area contributed by atoms with Crippen LogP contribution in [0.3, 0.4) is 0 Å². The first-order chi connectivity index (χ1) is 7.33. The molecule has 0 bridgehead atoms. The molecule has 0 amide bonds. The zero-order chi connectivity index (χ0) is 10.7. The molecule has 0 radical (unpaired) electrons. The van der Waals surface area contributed by atoms with Gasteiger partial charge in [0.05, 0.1) is 0 Å². The van der Waals surface area contributed by atoms with Crippen molar-refractivity contribution in [1.82, 2.24) is 20.2 Å². The Bertz CT molecular complexity index is 313. The van der Waals surface area contributed by atoms with Gasteiger partial charge in [-0.05, 0) is 36.1 Å². The first-order valence-corrected chi connectivity index (χ1v) is 5.91. The van der Waals surface area contributed by atoms with E-state index in [-0.39, 0.29) is 0 Å². The van der Waals surface area contributed by atoms with Crippen LogP contribution in [0.4, 0.5) is 5.95 Å². The van der Waals surface area contributed by atoms with Crippen molar-refractivity contribution in [2.24, 2.45) is 7.05 Å². The van der Waals surface area contributed by atoms with Gasteiger partial charge in [0, 0.05) is 25.5 Å². The summed E-state index contributed by atoms with van der Waals surface area (Å²) in [6, 6.07) is 0.563. The van der Waals surface area contributed by atoms with E-state index in [1.807, 2.05) is 7.05 Å². The Morgan fingerprint density at radius 1 is 1.53 bits per heavy atom. The van der Waals surface area contributed by atoms with Gasteiger partial charge in [0.2, 0.25) is 5.95 Å². The highest BCUT2D eigenvalue weighted by Gasteiger charge is 2.27. The number of hydrogen-bond acceptors (Lipinski definition) is 4. The number of hydrogen-bond donors (Lipinski definition) is 0. The lowest BCUT2D eigenvalue weighted by molar-refractivity contribution is 0.582. The molecule has 0 saturated carbocycles. The van der Waals surface area contributed by atoms with Gasteiger partial charge in [0.15, 0.2) is 0 Å². The molecule has 0 N–H and O–H groups in total. The molecule has 0 aliphatic carbocycles. The van der Waals surface area contributed by atoms with Crippen molar-refractivity contribution in [1.29, 1.82) is 0 Å². The highest BCUT2D eigenvalue weighted by Crippen LogP contribution is 2.25. The molecular weight excluding hydrogens is 214 g/mol. The molecular formula is C9H16ClN5. The summed E-state index contributed by atoms with van der Waals surface area (Å²) in [4.78, 5) is 2.30. The van der Waals surface area contributed by atoms with E-state index >= 15 is 0 Å². The lowest BCUT2D eigenvalue weighted by Gasteiger charge is -2.23. The molecule has 1 fully saturated rings. The Balaban J connectivity index is 2.04. The van der Waals surface area contributed by atoms with Crippen LogP contribution in [0.2, 0.25) is 0 Å². The third kappa shape index (κ3) is 2.22. The van der Waals surface area contributed by atoms with E-state index < -0.39 is 0 Å². The fraction of sp³-hybridized carbons (Fsp3) is 0.889. The van der Waals surface area contributed by atoms with E-state index in [9.17, 15) is 0 Å². The average molecular weight is 230 g/mol. The van der Waals surface area contributed by atoms with E-state index in [4.69, 9.17) is 11.6 Å². The van der Waals surface area contributed by atoms with E-state index in [1.54, 1.807) is 4.68 Å². The van der Waals surface area contributed by atoms with Gasteiger partial charge >= 0.3 is 0 Å². The Kier molecular flexibility index (Phi) is 3.41. The van der Waals surface area contributed by atoms with Gasteiger partial charge in [-0.2, -0.15) is 0 Å². The maximum atomic E-state index is 5.72. The summed E-state index contributed by atoms with van der Waals surface area (Å²) in [6.07, 6.45) is 4.65. The normalized spacial score (nSPS) is 21.2. The lowest BCUT2D eigenvalue weighted by Crippen LogP contribution is -2.31. The third-order valence-corrected chi connectivity index (χ3v) is 3.17. The van der Waals surface area contributed by atoms with Gasteiger partial charge in [-0.3, -0.25) is 0 Å². The second kappa shape index (κ2) is 4.79. The Morgan fingerprint density at radius 2 is 2.40 bits per heavy atom. The minimum Gasteiger partial charge on any atom is -0.337 e. The van der Waals surface area contributed by atoms with Gasteiger partial charge in [-0.25, -0.2) is 4.68 Å². The first-order valence-electron chi connectivity index (χ1n) is 5.38. The van der Waals surface area contributed by atoms with Crippen molar-refractivity contribution in [3.05, 3.63) is 0 Å². The summed E-state index contributed by atoms with van der Waals surface area (Å²) in [5.41, 5.74) is 0. The molecule has 1 aromatic heterocycles. The van der Waals surface area contributed by atoms with Crippen LogP contribution < -0.4 is 4.90 Å². The molecule has 15 heavy (non-hydrogen) atoms. The highest BCUT2D eigenvalue weighted by molar-refractivity contribution is 6.17. The zero-order valence-corrected chi connectivity index (χ0v) is 9.69. The molecule has 1 unspecified atom stereocenters. The van der Waals surface area contributed by atoms with Crippen molar-refractivity contribution < 1.29 is 0 Å². The number of tetrazole rings is 1. The van der Waals surface area contributed by atoms with Crippen molar-refractivity contribution in [2.75, 3.05) is 17.3 Å².